The minimum absolute atomic E-state index is 0.638. The van der Waals surface area contributed by atoms with Gasteiger partial charge in [-0.1, -0.05) is 201 Å². The number of rotatable bonds is 34. The summed E-state index contributed by atoms with van der Waals surface area (Å²) in [5, 5.41) is 0. The molecule has 250 valence electrons. The van der Waals surface area contributed by atoms with E-state index in [2.05, 4.69) is 43.0 Å². The van der Waals surface area contributed by atoms with Crippen LogP contribution in [-0.2, 0) is 0 Å². The van der Waals surface area contributed by atoms with Gasteiger partial charge >= 0.3 is 0 Å². The fourth-order valence-electron chi connectivity index (χ4n) is 6.88. The van der Waals surface area contributed by atoms with Crippen LogP contribution in [0.2, 0.25) is 0 Å². The van der Waals surface area contributed by atoms with Gasteiger partial charge in [0, 0.05) is 25.5 Å². The van der Waals surface area contributed by atoms with Gasteiger partial charge in [-0.05, 0) is 25.7 Å². The Kier molecular flexibility index (Phi) is 29.8. The first-order valence-electron chi connectivity index (χ1n) is 20.0. The van der Waals surface area contributed by atoms with Crippen molar-refractivity contribution in [3.05, 3.63) is 12.4 Å². The quantitative estimate of drug-likeness (QED) is 0.0690. The van der Waals surface area contributed by atoms with Crippen LogP contribution in [0.4, 0.5) is 0 Å². The van der Waals surface area contributed by atoms with E-state index < -0.39 is 0 Å². The number of hydrogen-bond donors (Lipinski definition) is 0. The van der Waals surface area contributed by atoms with Gasteiger partial charge in [-0.25, -0.2) is 0 Å². The molecule has 0 radical (unpaired) electrons. The Labute approximate surface area is 267 Å². The van der Waals surface area contributed by atoms with Crippen molar-refractivity contribution in [2.75, 3.05) is 13.1 Å². The van der Waals surface area contributed by atoms with E-state index in [1.54, 1.807) is 0 Å². The standard InChI is InChI=1S/C40H80N2/c1-4-7-10-12-14-16-18-20-21-22-24-26-28-30-32-34-37-42-39-38-41(40(42)35-9-6-3)36-33-31-29-27-25-23-19-17-15-13-11-8-5-2/h38-40H,4-37H2,1-3H3. The number of unbranched alkanes of at least 4 members (excludes halogenated alkanes) is 28. The minimum atomic E-state index is 0.638. The fourth-order valence-corrected chi connectivity index (χ4v) is 6.88. The Morgan fingerprint density at radius 2 is 0.548 bits per heavy atom. The SMILES string of the molecule is CCCCCCCCCCCCCCCCCCN1C=CN(CCCCCCCCCCCCCCC)C1CCCC. The Balaban J connectivity index is 1.98. The smallest absolute Gasteiger partial charge is 0.101 e. The van der Waals surface area contributed by atoms with Gasteiger partial charge in [-0.15, -0.1) is 0 Å². The van der Waals surface area contributed by atoms with Crippen molar-refractivity contribution in [2.24, 2.45) is 0 Å². The van der Waals surface area contributed by atoms with Gasteiger partial charge in [0.05, 0.1) is 0 Å². The Bertz CT molecular complexity index is 544. The van der Waals surface area contributed by atoms with E-state index >= 15 is 0 Å². The van der Waals surface area contributed by atoms with Crippen molar-refractivity contribution in [3.8, 4) is 0 Å². The lowest BCUT2D eigenvalue weighted by Crippen LogP contribution is -2.39. The van der Waals surface area contributed by atoms with Crippen LogP contribution in [-0.4, -0.2) is 29.1 Å². The molecule has 0 saturated carbocycles. The molecule has 1 unspecified atom stereocenters. The third kappa shape index (κ3) is 23.8. The first-order chi connectivity index (χ1) is 20.8. The molecule has 1 rings (SSSR count). The van der Waals surface area contributed by atoms with Crippen molar-refractivity contribution < 1.29 is 0 Å². The van der Waals surface area contributed by atoms with E-state index in [9.17, 15) is 0 Å². The highest BCUT2D eigenvalue weighted by atomic mass is 15.4. The summed E-state index contributed by atoms with van der Waals surface area (Å²) >= 11 is 0. The van der Waals surface area contributed by atoms with Crippen molar-refractivity contribution in [1.82, 2.24) is 9.80 Å². The molecule has 0 spiro atoms. The van der Waals surface area contributed by atoms with E-state index in [-0.39, 0.29) is 0 Å². The predicted molar refractivity (Wildman–Crippen MR) is 191 cm³/mol. The van der Waals surface area contributed by atoms with E-state index in [1.165, 1.54) is 219 Å². The van der Waals surface area contributed by atoms with Crippen LogP contribution in [0.3, 0.4) is 0 Å². The lowest BCUT2D eigenvalue weighted by molar-refractivity contribution is 0.136. The predicted octanol–water partition coefficient (Wildman–Crippen LogP) is 13.9. The summed E-state index contributed by atoms with van der Waals surface area (Å²) in [5.41, 5.74) is 0. The van der Waals surface area contributed by atoms with Crippen LogP contribution in [0.1, 0.15) is 226 Å². The van der Waals surface area contributed by atoms with Crippen LogP contribution in [0.15, 0.2) is 12.4 Å². The summed E-state index contributed by atoms with van der Waals surface area (Å²) in [4.78, 5) is 5.36. The van der Waals surface area contributed by atoms with Crippen molar-refractivity contribution >= 4 is 0 Å². The maximum Gasteiger partial charge on any atom is 0.101 e. The van der Waals surface area contributed by atoms with Crippen LogP contribution < -0.4 is 0 Å². The first kappa shape index (κ1) is 39.4. The minimum Gasteiger partial charge on any atom is -0.356 e. The van der Waals surface area contributed by atoms with E-state index in [0.717, 1.165) is 0 Å². The first-order valence-corrected chi connectivity index (χ1v) is 20.0. The maximum absolute atomic E-state index is 2.68. The number of nitrogens with zero attached hydrogens (tertiary/aromatic N) is 2. The molecule has 0 bridgehead atoms. The van der Waals surface area contributed by atoms with Crippen LogP contribution >= 0.6 is 0 Å². The van der Waals surface area contributed by atoms with Gasteiger partial charge in [0.15, 0.2) is 0 Å². The number of hydrogen-bond acceptors (Lipinski definition) is 2. The molecule has 2 heteroatoms. The molecule has 0 fully saturated rings. The van der Waals surface area contributed by atoms with Gasteiger partial charge in [-0.3, -0.25) is 0 Å². The molecular weight excluding hydrogens is 508 g/mol. The summed E-state index contributed by atoms with van der Waals surface area (Å²) in [7, 11) is 0. The van der Waals surface area contributed by atoms with E-state index in [4.69, 9.17) is 0 Å². The highest BCUT2D eigenvalue weighted by molar-refractivity contribution is 4.96. The zero-order valence-electron chi connectivity index (χ0n) is 29.7. The molecule has 0 aliphatic carbocycles. The summed E-state index contributed by atoms with van der Waals surface area (Å²) < 4.78 is 0. The molecular formula is C40H80N2. The molecule has 42 heavy (non-hydrogen) atoms. The third-order valence-corrected chi connectivity index (χ3v) is 9.82. The zero-order chi connectivity index (χ0) is 30.2. The second-order valence-electron chi connectivity index (χ2n) is 13.9. The van der Waals surface area contributed by atoms with Gasteiger partial charge in [0.1, 0.15) is 6.17 Å². The van der Waals surface area contributed by atoms with Gasteiger partial charge in [0.2, 0.25) is 0 Å². The van der Waals surface area contributed by atoms with Crippen molar-refractivity contribution in [2.45, 2.75) is 232 Å². The Hall–Kier alpha value is -0.660. The van der Waals surface area contributed by atoms with Crippen LogP contribution in [0.25, 0.3) is 0 Å². The average molecular weight is 589 g/mol. The summed E-state index contributed by atoms with van der Waals surface area (Å²) in [6.07, 6.45) is 51.5. The third-order valence-electron chi connectivity index (χ3n) is 9.82. The second kappa shape index (κ2) is 31.8. The molecule has 0 aromatic heterocycles. The molecule has 0 amide bonds. The van der Waals surface area contributed by atoms with Gasteiger partial charge in [0.25, 0.3) is 0 Å². The Morgan fingerprint density at radius 3 is 0.810 bits per heavy atom. The molecule has 0 aromatic rings. The molecule has 0 N–H and O–H groups in total. The second-order valence-corrected chi connectivity index (χ2v) is 13.9. The lowest BCUT2D eigenvalue weighted by Gasteiger charge is -2.33. The highest BCUT2D eigenvalue weighted by Gasteiger charge is 2.24. The normalized spacial score (nSPS) is 15.0. The molecule has 1 atom stereocenters. The van der Waals surface area contributed by atoms with Gasteiger partial charge in [-0.2, -0.15) is 0 Å². The monoisotopic (exact) mass is 589 g/mol. The Morgan fingerprint density at radius 1 is 0.310 bits per heavy atom. The molecule has 1 aliphatic rings. The van der Waals surface area contributed by atoms with Crippen molar-refractivity contribution in [3.63, 3.8) is 0 Å². The summed E-state index contributed by atoms with van der Waals surface area (Å²) in [6.45, 7) is 9.49. The molecule has 0 saturated heterocycles. The zero-order valence-corrected chi connectivity index (χ0v) is 29.7. The molecule has 1 heterocycles. The van der Waals surface area contributed by atoms with E-state index in [1.807, 2.05) is 0 Å². The summed E-state index contributed by atoms with van der Waals surface area (Å²) in [5.74, 6) is 0. The van der Waals surface area contributed by atoms with Crippen LogP contribution in [0.5, 0.6) is 0 Å². The topological polar surface area (TPSA) is 6.48 Å². The highest BCUT2D eigenvalue weighted by Crippen LogP contribution is 2.23. The van der Waals surface area contributed by atoms with Crippen LogP contribution in [0, 0.1) is 0 Å². The maximum atomic E-state index is 2.68. The molecule has 2 nitrogen and oxygen atoms in total. The molecule has 1 aliphatic heterocycles. The lowest BCUT2D eigenvalue weighted by atomic mass is 10.0. The van der Waals surface area contributed by atoms with E-state index in [0.29, 0.717) is 6.17 Å². The fraction of sp³-hybridized carbons (Fsp3) is 0.950. The van der Waals surface area contributed by atoms with Crippen molar-refractivity contribution in [1.29, 1.82) is 0 Å². The largest absolute Gasteiger partial charge is 0.356 e. The molecule has 0 aromatic carbocycles. The van der Waals surface area contributed by atoms with Gasteiger partial charge < -0.3 is 9.80 Å². The average Bonchev–Trinajstić information content (AvgIpc) is 3.39. The summed E-state index contributed by atoms with van der Waals surface area (Å²) in [6, 6.07) is 0.